The maximum atomic E-state index is 5.31. The van der Waals surface area contributed by atoms with Crippen LogP contribution in [0.2, 0.25) is 0 Å². The number of benzene rings is 2. The van der Waals surface area contributed by atoms with Crippen molar-refractivity contribution in [3.05, 3.63) is 63.7 Å². The maximum Gasteiger partial charge on any atom is 0.119 e. The predicted molar refractivity (Wildman–Crippen MR) is 89.3 cm³/mol. The van der Waals surface area contributed by atoms with Gasteiger partial charge < -0.3 is 10.1 Å². The first-order chi connectivity index (χ1) is 9.97. The summed E-state index contributed by atoms with van der Waals surface area (Å²) in [5.41, 5.74) is 7.90. The molecule has 1 atom stereocenters. The van der Waals surface area contributed by atoms with E-state index in [1.54, 1.807) is 7.11 Å². The van der Waals surface area contributed by atoms with E-state index < -0.39 is 0 Å². The average Bonchev–Trinajstić information content (AvgIpc) is 2.43. The lowest BCUT2D eigenvalue weighted by molar-refractivity contribution is 0.414. The summed E-state index contributed by atoms with van der Waals surface area (Å²) < 4.78 is 5.31. The quantitative estimate of drug-likeness (QED) is 0.906. The third-order valence-electron chi connectivity index (χ3n) is 4.10. The lowest BCUT2D eigenvalue weighted by Gasteiger charge is -2.24. The first-order valence-electron chi connectivity index (χ1n) is 7.37. The van der Waals surface area contributed by atoms with E-state index in [0.29, 0.717) is 0 Å². The Morgan fingerprint density at radius 2 is 1.52 bits per heavy atom. The second-order valence-corrected chi connectivity index (χ2v) is 5.76. The molecule has 0 saturated carbocycles. The molecule has 0 aliphatic carbocycles. The van der Waals surface area contributed by atoms with E-state index in [2.05, 4.69) is 57.3 Å². The summed E-state index contributed by atoms with van der Waals surface area (Å²) in [7, 11) is 3.73. The molecular weight excluding hydrogens is 258 g/mol. The van der Waals surface area contributed by atoms with Crippen LogP contribution >= 0.6 is 0 Å². The molecule has 0 bridgehead atoms. The lowest BCUT2D eigenvalue weighted by atomic mass is 9.88. The van der Waals surface area contributed by atoms with E-state index in [9.17, 15) is 0 Å². The summed E-state index contributed by atoms with van der Waals surface area (Å²) >= 11 is 0. The fourth-order valence-electron chi connectivity index (χ4n) is 3.20. The van der Waals surface area contributed by atoms with Crippen LogP contribution in [0, 0.1) is 27.7 Å². The molecule has 21 heavy (non-hydrogen) atoms. The summed E-state index contributed by atoms with van der Waals surface area (Å²) in [6.45, 7) is 8.68. The molecule has 2 rings (SSSR count). The van der Waals surface area contributed by atoms with Crippen LogP contribution in [0.15, 0.2) is 30.3 Å². The molecule has 1 N–H and O–H groups in total. The van der Waals surface area contributed by atoms with E-state index in [1.807, 2.05) is 13.1 Å². The highest BCUT2D eigenvalue weighted by Crippen LogP contribution is 2.31. The minimum atomic E-state index is 0.205. The second kappa shape index (κ2) is 6.31. The number of hydrogen-bond donors (Lipinski definition) is 1. The van der Waals surface area contributed by atoms with Gasteiger partial charge in [-0.3, -0.25) is 0 Å². The lowest BCUT2D eigenvalue weighted by Crippen LogP contribution is -2.21. The Kier molecular flexibility index (Phi) is 4.69. The molecule has 0 aliphatic rings. The average molecular weight is 283 g/mol. The highest BCUT2D eigenvalue weighted by atomic mass is 16.5. The number of hydrogen-bond acceptors (Lipinski definition) is 2. The van der Waals surface area contributed by atoms with Crippen molar-refractivity contribution in [2.75, 3.05) is 14.2 Å². The number of ether oxygens (including phenoxy) is 1. The van der Waals surface area contributed by atoms with Gasteiger partial charge in [-0.25, -0.2) is 0 Å². The highest BCUT2D eigenvalue weighted by molar-refractivity contribution is 5.47. The van der Waals surface area contributed by atoms with Gasteiger partial charge in [-0.2, -0.15) is 0 Å². The van der Waals surface area contributed by atoms with Crippen molar-refractivity contribution in [2.24, 2.45) is 0 Å². The molecule has 2 aromatic rings. The molecule has 0 aromatic heterocycles. The van der Waals surface area contributed by atoms with E-state index in [4.69, 9.17) is 4.74 Å². The van der Waals surface area contributed by atoms with Crippen molar-refractivity contribution < 1.29 is 4.74 Å². The zero-order valence-corrected chi connectivity index (χ0v) is 13.9. The summed E-state index contributed by atoms with van der Waals surface area (Å²) in [5, 5.41) is 3.47. The molecule has 0 aliphatic heterocycles. The fourth-order valence-corrected chi connectivity index (χ4v) is 3.20. The molecule has 0 spiro atoms. The van der Waals surface area contributed by atoms with Gasteiger partial charge in [-0.1, -0.05) is 23.8 Å². The van der Waals surface area contributed by atoms with Crippen LogP contribution in [0.3, 0.4) is 0 Å². The van der Waals surface area contributed by atoms with Crippen LogP contribution in [0.25, 0.3) is 0 Å². The van der Waals surface area contributed by atoms with Gasteiger partial charge in [0.15, 0.2) is 0 Å². The largest absolute Gasteiger partial charge is 0.497 e. The monoisotopic (exact) mass is 283 g/mol. The molecule has 0 fully saturated rings. The Bertz CT molecular complexity index is 623. The van der Waals surface area contributed by atoms with Gasteiger partial charge in [0.25, 0.3) is 0 Å². The normalized spacial score (nSPS) is 12.3. The minimum absolute atomic E-state index is 0.205. The number of methoxy groups -OCH3 is 1. The molecule has 2 heteroatoms. The van der Waals surface area contributed by atoms with Crippen LogP contribution in [-0.2, 0) is 0 Å². The predicted octanol–water partition coefficient (Wildman–Crippen LogP) is 4.24. The SMILES string of the molecule is CNC(c1ccc(OC)cc1C)c1c(C)cc(C)cc1C. The summed E-state index contributed by atoms with van der Waals surface area (Å²) in [4.78, 5) is 0. The van der Waals surface area contributed by atoms with Gasteiger partial charge in [0.05, 0.1) is 13.2 Å². The van der Waals surface area contributed by atoms with E-state index in [1.165, 1.54) is 33.4 Å². The van der Waals surface area contributed by atoms with E-state index >= 15 is 0 Å². The van der Waals surface area contributed by atoms with Crippen molar-refractivity contribution in [1.29, 1.82) is 0 Å². The van der Waals surface area contributed by atoms with Crippen molar-refractivity contribution >= 4 is 0 Å². The molecule has 0 saturated heterocycles. The van der Waals surface area contributed by atoms with Crippen LogP contribution < -0.4 is 10.1 Å². The molecule has 2 aromatic carbocycles. The van der Waals surface area contributed by atoms with Gasteiger partial charge >= 0.3 is 0 Å². The minimum Gasteiger partial charge on any atom is -0.497 e. The van der Waals surface area contributed by atoms with Crippen LogP contribution in [0.5, 0.6) is 5.75 Å². The Hall–Kier alpha value is -1.80. The molecule has 0 radical (unpaired) electrons. The third-order valence-corrected chi connectivity index (χ3v) is 4.10. The molecule has 0 amide bonds. The van der Waals surface area contributed by atoms with Gasteiger partial charge in [0, 0.05) is 0 Å². The Labute approximate surface area is 128 Å². The number of rotatable bonds is 4. The van der Waals surface area contributed by atoms with Crippen molar-refractivity contribution in [3.8, 4) is 5.75 Å². The Morgan fingerprint density at radius 3 is 2.00 bits per heavy atom. The first-order valence-corrected chi connectivity index (χ1v) is 7.37. The van der Waals surface area contributed by atoms with Gasteiger partial charge in [-0.15, -0.1) is 0 Å². The Balaban J connectivity index is 2.55. The van der Waals surface area contributed by atoms with Crippen LogP contribution in [-0.4, -0.2) is 14.2 Å². The molecule has 112 valence electrons. The summed E-state index contributed by atoms with van der Waals surface area (Å²) in [6.07, 6.45) is 0. The number of aryl methyl sites for hydroxylation is 4. The van der Waals surface area contributed by atoms with Crippen molar-refractivity contribution in [3.63, 3.8) is 0 Å². The highest BCUT2D eigenvalue weighted by Gasteiger charge is 2.18. The van der Waals surface area contributed by atoms with Crippen LogP contribution in [0.4, 0.5) is 0 Å². The Morgan fingerprint density at radius 1 is 0.905 bits per heavy atom. The third kappa shape index (κ3) is 3.11. The molecule has 2 nitrogen and oxygen atoms in total. The maximum absolute atomic E-state index is 5.31. The van der Waals surface area contributed by atoms with Gasteiger partial charge in [0.1, 0.15) is 5.75 Å². The van der Waals surface area contributed by atoms with E-state index in [-0.39, 0.29) is 6.04 Å². The van der Waals surface area contributed by atoms with Crippen molar-refractivity contribution in [1.82, 2.24) is 5.32 Å². The van der Waals surface area contributed by atoms with Gasteiger partial charge in [0.2, 0.25) is 0 Å². The summed E-state index contributed by atoms with van der Waals surface area (Å²) in [6, 6.07) is 11.0. The second-order valence-electron chi connectivity index (χ2n) is 5.76. The van der Waals surface area contributed by atoms with E-state index in [0.717, 1.165) is 5.75 Å². The zero-order valence-electron chi connectivity index (χ0n) is 13.9. The molecule has 0 heterocycles. The van der Waals surface area contributed by atoms with Crippen LogP contribution in [0.1, 0.15) is 39.4 Å². The fraction of sp³-hybridized carbons (Fsp3) is 0.368. The molecule has 1 unspecified atom stereocenters. The smallest absolute Gasteiger partial charge is 0.119 e. The van der Waals surface area contributed by atoms with Crippen molar-refractivity contribution in [2.45, 2.75) is 33.7 Å². The standard InChI is InChI=1S/C19H25NO/c1-12-9-14(3)18(15(4)10-12)19(20-5)17-8-7-16(21-6)11-13(17)2/h7-11,19-20H,1-6H3. The molecular formula is C19H25NO. The topological polar surface area (TPSA) is 21.3 Å². The summed E-state index contributed by atoms with van der Waals surface area (Å²) in [5.74, 6) is 0.906. The number of nitrogens with one attached hydrogen (secondary N) is 1. The zero-order chi connectivity index (χ0) is 15.6. The van der Waals surface area contributed by atoms with Gasteiger partial charge in [-0.05, 0) is 74.7 Å². The first kappa shape index (κ1) is 15.6.